The number of rotatable bonds is 6. The van der Waals surface area contributed by atoms with Crippen LogP contribution in [0.25, 0.3) is 11.0 Å². The topological polar surface area (TPSA) is 46.1 Å². The van der Waals surface area contributed by atoms with Crippen LogP contribution in [0.3, 0.4) is 0 Å². The normalized spacial score (nSPS) is 10.7. The lowest BCUT2D eigenvalue weighted by Crippen LogP contribution is -2.33. The number of para-hydroxylation sites is 2. The molecule has 0 bridgehead atoms. The molecule has 0 aliphatic carbocycles. The zero-order chi connectivity index (χ0) is 19.2. The Balaban J connectivity index is 1.59. The van der Waals surface area contributed by atoms with E-state index in [-0.39, 0.29) is 5.91 Å². The van der Waals surface area contributed by atoms with Gasteiger partial charge in [-0.15, -0.1) is 0 Å². The highest BCUT2D eigenvalue weighted by atomic mass is 16.2. The summed E-state index contributed by atoms with van der Waals surface area (Å²) < 4.78 is 0. The van der Waals surface area contributed by atoms with Crippen molar-refractivity contribution in [2.24, 2.45) is 0 Å². The Morgan fingerprint density at radius 1 is 0.750 bits per heavy atom. The highest BCUT2D eigenvalue weighted by Crippen LogP contribution is 2.13. The van der Waals surface area contributed by atoms with Gasteiger partial charge < -0.3 is 4.90 Å². The number of aromatic nitrogens is 2. The van der Waals surface area contributed by atoms with Crippen molar-refractivity contribution in [1.29, 1.82) is 0 Å². The predicted octanol–water partition coefficient (Wildman–Crippen LogP) is 4.51. The molecule has 1 amide bonds. The van der Waals surface area contributed by atoms with Crippen LogP contribution in [0.15, 0.2) is 91.1 Å². The predicted molar refractivity (Wildman–Crippen MR) is 111 cm³/mol. The summed E-state index contributed by atoms with van der Waals surface area (Å²) in [5, 5.41) is 0. The SMILES string of the molecule is O=C(c1cnc2ccccc2n1)N(CCc1ccccc1)Cc1ccccc1. The average molecular weight is 367 g/mol. The van der Waals surface area contributed by atoms with Crippen LogP contribution in [-0.2, 0) is 13.0 Å². The Labute approximate surface area is 164 Å². The van der Waals surface area contributed by atoms with Crippen LogP contribution in [0.2, 0.25) is 0 Å². The maximum atomic E-state index is 13.2. The number of fused-ring (bicyclic) bond motifs is 1. The third-order valence-corrected chi connectivity index (χ3v) is 4.68. The van der Waals surface area contributed by atoms with Gasteiger partial charge in [-0.05, 0) is 29.7 Å². The number of hydrogen-bond donors (Lipinski definition) is 0. The summed E-state index contributed by atoms with van der Waals surface area (Å²) in [6.45, 7) is 1.16. The number of amides is 1. The minimum absolute atomic E-state index is 0.0990. The van der Waals surface area contributed by atoms with Gasteiger partial charge in [0.05, 0.1) is 17.2 Å². The van der Waals surface area contributed by atoms with Gasteiger partial charge in [-0.1, -0.05) is 72.8 Å². The van der Waals surface area contributed by atoms with Crippen molar-refractivity contribution in [1.82, 2.24) is 14.9 Å². The van der Waals surface area contributed by atoms with Gasteiger partial charge in [-0.25, -0.2) is 4.98 Å². The fourth-order valence-electron chi connectivity index (χ4n) is 3.19. The van der Waals surface area contributed by atoms with Crippen molar-refractivity contribution >= 4 is 16.9 Å². The summed E-state index contributed by atoms with van der Waals surface area (Å²) in [4.78, 5) is 24.0. The van der Waals surface area contributed by atoms with Crippen LogP contribution in [-0.4, -0.2) is 27.3 Å². The molecular weight excluding hydrogens is 346 g/mol. The van der Waals surface area contributed by atoms with E-state index in [0.717, 1.165) is 23.0 Å². The molecule has 0 atom stereocenters. The fourth-order valence-corrected chi connectivity index (χ4v) is 3.19. The molecule has 0 saturated carbocycles. The zero-order valence-electron chi connectivity index (χ0n) is 15.5. The summed E-state index contributed by atoms with van der Waals surface area (Å²) in [7, 11) is 0. The first-order valence-electron chi connectivity index (χ1n) is 9.38. The Hall–Kier alpha value is -3.53. The summed E-state index contributed by atoms with van der Waals surface area (Å²) in [5.74, 6) is -0.0990. The van der Waals surface area contributed by atoms with Crippen LogP contribution in [0.4, 0.5) is 0 Å². The van der Waals surface area contributed by atoms with E-state index in [1.165, 1.54) is 5.56 Å². The summed E-state index contributed by atoms with van der Waals surface area (Å²) in [6.07, 6.45) is 2.37. The van der Waals surface area contributed by atoms with E-state index in [0.29, 0.717) is 18.8 Å². The van der Waals surface area contributed by atoms with Crippen molar-refractivity contribution in [3.63, 3.8) is 0 Å². The standard InChI is InChI=1S/C24H21N3O/c28-24(23-17-25-21-13-7-8-14-22(21)26-23)27(18-20-11-5-2-6-12-20)16-15-19-9-3-1-4-10-19/h1-14,17H,15-16,18H2. The molecule has 0 unspecified atom stereocenters. The smallest absolute Gasteiger partial charge is 0.274 e. The third-order valence-electron chi connectivity index (χ3n) is 4.68. The first-order valence-corrected chi connectivity index (χ1v) is 9.38. The van der Waals surface area contributed by atoms with Crippen LogP contribution in [0.5, 0.6) is 0 Å². The van der Waals surface area contributed by atoms with Crippen LogP contribution in [0, 0.1) is 0 Å². The summed E-state index contributed by atoms with van der Waals surface area (Å²) in [6, 6.07) is 27.8. The van der Waals surface area contributed by atoms with Crippen molar-refractivity contribution in [3.8, 4) is 0 Å². The quantitative estimate of drug-likeness (QED) is 0.503. The van der Waals surface area contributed by atoms with E-state index >= 15 is 0 Å². The first-order chi connectivity index (χ1) is 13.8. The zero-order valence-corrected chi connectivity index (χ0v) is 15.5. The van der Waals surface area contributed by atoms with Crippen LogP contribution < -0.4 is 0 Å². The highest BCUT2D eigenvalue weighted by molar-refractivity contribution is 5.93. The van der Waals surface area contributed by atoms with Gasteiger partial charge in [-0.3, -0.25) is 9.78 Å². The first kappa shape index (κ1) is 17.9. The fraction of sp³-hybridized carbons (Fsp3) is 0.125. The van der Waals surface area contributed by atoms with E-state index in [1.54, 1.807) is 6.20 Å². The van der Waals surface area contributed by atoms with Crippen molar-refractivity contribution < 1.29 is 4.79 Å². The van der Waals surface area contributed by atoms with Crippen LogP contribution in [0.1, 0.15) is 21.6 Å². The Morgan fingerprint density at radius 3 is 2.07 bits per heavy atom. The van der Waals surface area contributed by atoms with Gasteiger partial charge in [0.25, 0.3) is 5.91 Å². The van der Waals surface area contributed by atoms with Gasteiger partial charge in [0, 0.05) is 13.1 Å². The van der Waals surface area contributed by atoms with Crippen molar-refractivity contribution in [2.45, 2.75) is 13.0 Å². The molecule has 4 aromatic rings. The lowest BCUT2D eigenvalue weighted by Gasteiger charge is -2.22. The molecule has 0 radical (unpaired) electrons. The molecule has 0 spiro atoms. The number of carbonyl (C=O) groups excluding carboxylic acids is 1. The molecule has 0 N–H and O–H groups in total. The highest BCUT2D eigenvalue weighted by Gasteiger charge is 2.18. The van der Waals surface area contributed by atoms with Crippen molar-refractivity contribution in [3.05, 3.63) is 108 Å². The molecule has 138 valence electrons. The van der Waals surface area contributed by atoms with Gasteiger partial charge in [0.1, 0.15) is 5.69 Å². The summed E-state index contributed by atoms with van der Waals surface area (Å²) >= 11 is 0. The van der Waals surface area contributed by atoms with E-state index in [1.807, 2.05) is 77.7 Å². The molecule has 0 saturated heterocycles. The molecule has 1 heterocycles. The maximum Gasteiger partial charge on any atom is 0.274 e. The molecule has 4 nitrogen and oxygen atoms in total. The Bertz CT molecular complexity index is 1060. The van der Waals surface area contributed by atoms with Gasteiger partial charge in [0.15, 0.2) is 0 Å². The Morgan fingerprint density at radius 2 is 1.36 bits per heavy atom. The minimum atomic E-state index is -0.0990. The number of nitrogens with zero attached hydrogens (tertiary/aromatic N) is 3. The molecule has 0 aliphatic heterocycles. The minimum Gasteiger partial charge on any atom is -0.333 e. The number of carbonyl (C=O) groups is 1. The lowest BCUT2D eigenvalue weighted by molar-refractivity contribution is 0.0739. The number of hydrogen-bond acceptors (Lipinski definition) is 3. The maximum absolute atomic E-state index is 13.2. The van der Waals surface area contributed by atoms with Crippen LogP contribution >= 0.6 is 0 Å². The molecule has 3 aromatic carbocycles. The molecule has 28 heavy (non-hydrogen) atoms. The third kappa shape index (κ3) is 4.23. The molecule has 0 aliphatic rings. The largest absolute Gasteiger partial charge is 0.333 e. The van der Waals surface area contributed by atoms with E-state index < -0.39 is 0 Å². The summed E-state index contributed by atoms with van der Waals surface area (Å²) in [5.41, 5.74) is 4.20. The molecule has 4 rings (SSSR count). The molecular formula is C24H21N3O. The molecule has 1 aromatic heterocycles. The number of benzene rings is 3. The molecule has 4 heteroatoms. The van der Waals surface area contributed by atoms with Gasteiger partial charge in [0.2, 0.25) is 0 Å². The van der Waals surface area contributed by atoms with Crippen molar-refractivity contribution in [2.75, 3.05) is 6.54 Å². The van der Waals surface area contributed by atoms with E-state index in [4.69, 9.17) is 0 Å². The van der Waals surface area contributed by atoms with Gasteiger partial charge >= 0.3 is 0 Å². The molecule has 0 fully saturated rings. The Kier molecular flexibility index (Phi) is 5.38. The second-order valence-corrected chi connectivity index (χ2v) is 6.69. The average Bonchev–Trinajstić information content (AvgIpc) is 2.77. The lowest BCUT2D eigenvalue weighted by atomic mass is 10.1. The second-order valence-electron chi connectivity index (χ2n) is 6.69. The monoisotopic (exact) mass is 367 g/mol. The second kappa shape index (κ2) is 8.44. The van der Waals surface area contributed by atoms with E-state index in [9.17, 15) is 4.79 Å². The van der Waals surface area contributed by atoms with Gasteiger partial charge in [-0.2, -0.15) is 0 Å². The van der Waals surface area contributed by atoms with E-state index in [2.05, 4.69) is 22.1 Å².